The van der Waals surface area contributed by atoms with Crippen molar-refractivity contribution in [3.05, 3.63) is 0 Å². The zero-order valence-electron chi connectivity index (χ0n) is 9.39. The monoisotopic (exact) mass is 246 g/mol. The Balaban J connectivity index is 2.49. The summed E-state index contributed by atoms with van der Waals surface area (Å²) in [5.41, 5.74) is 5.77. The Hall–Kier alpha value is -0.750. The number of carboxylic acid groups (broad SMARTS) is 1. The fraction of sp³-hybridized carbons (Fsp3) is 0.800. The summed E-state index contributed by atoms with van der Waals surface area (Å²) in [6.45, 7) is 2.01. The van der Waals surface area contributed by atoms with Gasteiger partial charge in [0.25, 0.3) is 0 Å². The molecule has 0 bridgehead atoms. The lowest BCUT2D eigenvalue weighted by Gasteiger charge is -2.22. The van der Waals surface area contributed by atoms with E-state index < -0.39 is 12.0 Å². The van der Waals surface area contributed by atoms with Crippen LogP contribution in [0.25, 0.3) is 0 Å². The maximum Gasteiger partial charge on any atom is 0.327 e. The van der Waals surface area contributed by atoms with Crippen LogP contribution in [0.4, 0.5) is 0 Å². The average molecular weight is 246 g/mol. The number of hydrogen-bond donors (Lipinski definition) is 2. The second-order valence-corrected chi connectivity index (χ2v) is 4.97. The van der Waals surface area contributed by atoms with Crippen LogP contribution in [0, 0.1) is 0 Å². The maximum atomic E-state index is 11.8. The van der Waals surface area contributed by atoms with Crippen molar-refractivity contribution >= 4 is 23.6 Å². The zero-order chi connectivity index (χ0) is 12.1. The highest BCUT2D eigenvalue weighted by Crippen LogP contribution is 2.22. The third kappa shape index (κ3) is 3.38. The molecule has 1 aliphatic heterocycles. The number of nitrogens with zero attached hydrogens (tertiary/aromatic N) is 1. The second kappa shape index (κ2) is 6.10. The Morgan fingerprint density at radius 1 is 1.62 bits per heavy atom. The summed E-state index contributed by atoms with van der Waals surface area (Å²) in [6.07, 6.45) is 1.98. The van der Waals surface area contributed by atoms with Crippen molar-refractivity contribution in [2.75, 3.05) is 11.6 Å². The lowest BCUT2D eigenvalue weighted by molar-refractivity contribution is -0.147. The first kappa shape index (κ1) is 13.3. The van der Waals surface area contributed by atoms with Crippen LogP contribution in [-0.4, -0.2) is 45.6 Å². The Morgan fingerprint density at radius 2 is 2.31 bits per heavy atom. The Bertz CT molecular complexity index is 273. The van der Waals surface area contributed by atoms with Crippen molar-refractivity contribution in [1.29, 1.82) is 0 Å². The van der Waals surface area contributed by atoms with E-state index in [4.69, 9.17) is 10.8 Å². The van der Waals surface area contributed by atoms with Gasteiger partial charge in [0.2, 0.25) is 5.91 Å². The molecule has 92 valence electrons. The molecule has 1 amide bonds. The number of carbonyl (C=O) groups excluding carboxylic acids is 1. The van der Waals surface area contributed by atoms with Gasteiger partial charge < -0.3 is 15.7 Å². The molecule has 1 aliphatic rings. The van der Waals surface area contributed by atoms with Crippen molar-refractivity contribution in [2.45, 2.75) is 38.3 Å². The molecule has 2 atom stereocenters. The highest BCUT2D eigenvalue weighted by Gasteiger charge is 2.34. The minimum atomic E-state index is -0.928. The van der Waals surface area contributed by atoms with Crippen LogP contribution in [0.2, 0.25) is 0 Å². The standard InChI is InChI=1S/C10H18N2O3S/c1-2-3-7(11)4-9(13)12-6-16-5-8(12)10(14)15/h7-8H,2-6,11H2,1H3,(H,14,15). The van der Waals surface area contributed by atoms with Crippen molar-refractivity contribution in [2.24, 2.45) is 5.73 Å². The Labute approximate surface area is 99.4 Å². The van der Waals surface area contributed by atoms with Gasteiger partial charge in [-0.2, -0.15) is 0 Å². The van der Waals surface area contributed by atoms with Gasteiger partial charge in [-0.25, -0.2) is 4.79 Å². The molecule has 0 aromatic rings. The van der Waals surface area contributed by atoms with E-state index in [9.17, 15) is 9.59 Å². The molecule has 16 heavy (non-hydrogen) atoms. The second-order valence-electron chi connectivity index (χ2n) is 3.97. The van der Waals surface area contributed by atoms with E-state index in [-0.39, 0.29) is 18.4 Å². The molecule has 6 heteroatoms. The number of thioether (sulfide) groups is 1. The van der Waals surface area contributed by atoms with Crippen LogP contribution in [0.15, 0.2) is 0 Å². The van der Waals surface area contributed by atoms with Crippen LogP contribution in [0.5, 0.6) is 0 Å². The molecule has 0 aliphatic carbocycles. The molecule has 2 unspecified atom stereocenters. The van der Waals surface area contributed by atoms with Crippen LogP contribution >= 0.6 is 11.8 Å². The van der Waals surface area contributed by atoms with E-state index in [1.54, 1.807) is 0 Å². The van der Waals surface area contributed by atoms with Crippen LogP contribution in [-0.2, 0) is 9.59 Å². The van der Waals surface area contributed by atoms with Crippen molar-refractivity contribution in [1.82, 2.24) is 4.90 Å². The summed E-state index contributed by atoms with van der Waals surface area (Å²) in [5, 5.41) is 8.93. The maximum absolute atomic E-state index is 11.8. The van der Waals surface area contributed by atoms with Crippen molar-refractivity contribution in [3.8, 4) is 0 Å². The number of amides is 1. The van der Waals surface area contributed by atoms with E-state index in [1.165, 1.54) is 16.7 Å². The molecule has 1 saturated heterocycles. The van der Waals surface area contributed by atoms with E-state index in [0.29, 0.717) is 11.6 Å². The largest absolute Gasteiger partial charge is 0.480 e. The molecule has 0 aromatic carbocycles. The molecule has 1 heterocycles. The summed E-state index contributed by atoms with van der Waals surface area (Å²) in [6, 6.07) is -0.830. The predicted molar refractivity (Wildman–Crippen MR) is 63.1 cm³/mol. The minimum Gasteiger partial charge on any atom is -0.480 e. The molecule has 1 fully saturated rings. The highest BCUT2D eigenvalue weighted by molar-refractivity contribution is 7.99. The lowest BCUT2D eigenvalue weighted by atomic mass is 10.1. The minimum absolute atomic E-state index is 0.140. The quantitative estimate of drug-likeness (QED) is 0.737. The molecule has 0 radical (unpaired) electrons. The molecule has 1 rings (SSSR count). The molecule has 0 spiro atoms. The number of carboxylic acids is 1. The van der Waals surface area contributed by atoms with Crippen LogP contribution < -0.4 is 5.73 Å². The third-order valence-corrected chi connectivity index (χ3v) is 3.60. The number of nitrogens with two attached hydrogens (primary N) is 1. The van der Waals surface area contributed by atoms with Gasteiger partial charge in [0.1, 0.15) is 6.04 Å². The first-order valence-corrected chi connectivity index (χ1v) is 6.57. The average Bonchev–Trinajstić information content (AvgIpc) is 2.65. The zero-order valence-corrected chi connectivity index (χ0v) is 10.2. The van der Waals surface area contributed by atoms with E-state index in [2.05, 4.69) is 0 Å². The summed E-state index contributed by atoms with van der Waals surface area (Å²) in [5.74, 6) is -0.126. The van der Waals surface area contributed by atoms with Gasteiger partial charge in [-0.15, -0.1) is 11.8 Å². The SMILES string of the molecule is CCCC(N)CC(=O)N1CSCC1C(=O)O. The number of aliphatic carboxylic acids is 1. The van der Waals surface area contributed by atoms with Gasteiger partial charge in [0.15, 0.2) is 0 Å². The Kier molecular flexibility index (Phi) is 5.08. The molecule has 5 nitrogen and oxygen atoms in total. The van der Waals surface area contributed by atoms with Gasteiger partial charge in [0, 0.05) is 18.2 Å². The van der Waals surface area contributed by atoms with Gasteiger partial charge in [-0.1, -0.05) is 13.3 Å². The lowest BCUT2D eigenvalue weighted by Crippen LogP contribution is -2.43. The number of hydrogen-bond acceptors (Lipinski definition) is 4. The van der Waals surface area contributed by atoms with E-state index in [0.717, 1.165) is 12.8 Å². The van der Waals surface area contributed by atoms with E-state index in [1.807, 2.05) is 6.92 Å². The Morgan fingerprint density at radius 3 is 2.88 bits per heavy atom. The van der Waals surface area contributed by atoms with Gasteiger partial charge in [-0.3, -0.25) is 4.79 Å². The number of rotatable bonds is 5. The van der Waals surface area contributed by atoms with Crippen molar-refractivity contribution in [3.63, 3.8) is 0 Å². The molecule has 0 saturated carbocycles. The summed E-state index contributed by atoms with van der Waals surface area (Å²) < 4.78 is 0. The topological polar surface area (TPSA) is 83.6 Å². The predicted octanol–water partition coefficient (Wildman–Crippen LogP) is 0.490. The normalized spacial score (nSPS) is 22.1. The third-order valence-electron chi connectivity index (χ3n) is 2.58. The first-order chi connectivity index (χ1) is 7.56. The summed E-state index contributed by atoms with van der Waals surface area (Å²) in [7, 11) is 0. The van der Waals surface area contributed by atoms with E-state index >= 15 is 0 Å². The molecule has 3 N–H and O–H groups in total. The van der Waals surface area contributed by atoms with Gasteiger partial charge >= 0.3 is 5.97 Å². The molecular weight excluding hydrogens is 228 g/mol. The van der Waals surface area contributed by atoms with Crippen LogP contribution in [0.1, 0.15) is 26.2 Å². The smallest absolute Gasteiger partial charge is 0.327 e. The fourth-order valence-electron chi connectivity index (χ4n) is 1.71. The molecule has 0 aromatic heterocycles. The fourth-order valence-corrected chi connectivity index (χ4v) is 2.88. The van der Waals surface area contributed by atoms with Crippen molar-refractivity contribution < 1.29 is 14.7 Å². The highest BCUT2D eigenvalue weighted by atomic mass is 32.2. The first-order valence-electron chi connectivity index (χ1n) is 5.41. The van der Waals surface area contributed by atoms with Gasteiger partial charge in [-0.05, 0) is 6.42 Å². The molecular formula is C10H18N2O3S. The summed E-state index contributed by atoms with van der Waals surface area (Å²) >= 11 is 1.47. The number of carbonyl (C=O) groups is 2. The summed E-state index contributed by atoms with van der Waals surface area (Å²) in [4.78, 5) is 24.1. The van der Waals surface area contributed by atoms with Gasteiger partial charge in [0.05, 0.1) is 5.88 Å². The van der Waals surface area contributed by atoms with Crippen LogP contribution in [0.3, 0.4) is 0 Å².